The van der Waals surface area contributed by atoms with Gasteiger partial charge >= 0.3 is 0 Å². The highest BCUT2D eigenvalue weighted by atomic mass is 16.6. The number of non-ortho nitro benzene ring substituents is 1. The fourth-order valence-electron chi connectivity index (χ4n) is 3.76. The zero-order valence-corrected chi connectivity index (χ0v) is 14.2. The monoisotopic (exact) mass is 349 g/mol. The molecule has 1 N–H and O–H groups in total. The molecule has 0 saturated carbocycles. The summed E-state index contributed by atoms with van der Waals surface area (Å²) in [5.74, 6) is 0.749. The minimum atomic E-state index is -0.356. The third kappa shape index (κ3) is 2.94. The quantitative estimate of drug-likeness (QED) is 0.565. The van der Waals surface area contributed by atoms with Gasteiger partial charge in [-0.25, -0.2) is 0 Å². The molecule has 6 nitrogen and oxygen atoms in total. The number of nitro groups is 1. The third-order valence-corrected chi connectivity index (χ3v) is 5.12. The smallest absolute Gasteiger partial charge is 0.278 e. The molecule has 0 radical (unpaired) electrons. The first-order chi connectivity index (χ1) is 12.6. The first-order valence-corrected chi connectivity index (χ1v) is 8.69. The van der Waals surface area contributed by atoms with Gasteiger partial charge in [-0.1, -0.05) is 12.1 Å². The molecule has 1 aromatic heterocycles. The second kappa shape index (κ2) is 6.63. The van der Waals surface area contributed by atoms with Crippen molar-refractivity contribution in [3.8, 4) is 5.75 Å². The Morgan fingerprint density at radius 3 is 2.50 bits per heavy atom. The van der Waals surface area contributed by atoms with Crippen molar-refractivity contribution in [2.75, 3.05) is 18.0 Å². The van der Waals surface area contributed by atoms with Gasteiger partial charge in [0.25, 0.3) is 5.69 Å². The van der Waals surface area contributed by atoms with Crippen LogP contribution in [0.3, 0.4) is 0 Å². The largest absolute Gasteiger partial charge is 0.508 e. The lowest BCUT2D eigenvalue weighted by Gasteiger charge is -2.34. The van der Waals surface area contributed by atoms with Crippen LogP contribution in [0.25, 0.3) is 10.9 Å². The molecular formula is C20H19N3O3. The van der Waals surface area contributed by atoms with Crippen molar-refractivity contribution in [3.63, 3.8) is 0 Å². The summed E-state index contributed by atoms with van der Waals surface area (Å²) in [6.07, 6.45) is 3.67. The SMILES string of the molecule is O=[N+]([O-])c1ccc(N2CCC(c3ccc(O)cc3)CC2)c2ncccc12. The van der Waals surface area contributed by atoms with Crippen LogP contribution in [0.1, 0.15) is 24.3 Å². The van der Waals surface area contributed by atoms with Crippen LogP contribution in [-0.4, -0.2) is 28.1 Å². The summed E-state index contributed by atoms with van der Waals surface area (Å²) in [5.41, 5.74) is 2.98. The molecule has 6 heteroatoms. The van der Waals surface area contributed by atoms with E-state index in [1.165, 1.54) is 5.56 Å². The highest BCUT2D eigenvalue weighted by Gasteiger charge is 2.24. The van der Waals surface area contributed by atoms with E-state index in [1.54, 1.807) is 36.5 Å². The molecule has 2 heterocycles. The van der Waals surface area contributed by atoms with Crippen molar-refractivity contribution in [2.24, 2.45) is 0 Å². The molecular weight excluding hydrogens is 330 g/mol. The number of pyridine rings is 1. The van der Waals surface area contributed by atoms with Gasteiger partial charge in [0.1, 0.15) is 11.3 Å². The molecule has 4 rings (SSSR count). The van der Waals surface area contributed by atoms with Gasteiger partial charge in [-0.3, -0.25) is 15.1 Å². The van der Waals surface area contributed by atoms with Crippen molar-refractivity contribution in [3.05, 3.63) is 70.4 Å². The maximum absolute atomic E-state index is 11.3. The second-order valence-electron chi connectivity index (χ2n) is 6.61. The van der Waals surface area contributed by atoms with Gasteiger partial charge in [-0.05, 0) is 54.7 Å². The zero-order valence-electron chi connectivity index (χ0n) is 14.2. The van der Waals surface area contributed by atoms with Crippen LogP contribution in [0, 0.1) is 10.1 Å². The fourth-order valence-corrected chi connectivity index (χ4v) is 3.76. The number of hydrogen-bond donors (Lipinski definition) is 1. The topological polar surface area (TPSA) is 79.5 Å². The summed E-state index contributed by atoms with van der Waals surface area (Å²) in [7, 11) is 0. The summed E-state index contributed by atoms with van der Waals surface area (Å²) in [5, 5.41) is 21.3. The van der Waals surface area contributed by atoms with Crippen molar-refractivity contribution in [2.45, 2.75) is 18.8 Å². The van der Waals surface area contributed by atoms with Crippen LogP contribution in [0.5, 0.6) is 5.75 Å². The molecule has 0 aliphatic carbocycles. The molecule has 0 atom stereocenters. The molecule has 2 aromatic carbocycles. The maximum atomic E-state index is 11.3. The number of phenolic OH excluding ortho intramolecular Hbond substituents is 1. The number of phenols is 1. The van der Waals surface area contributed by atoms with Crippen LogP contribution < -0.4 is 4.90 Å². The average molecular weight is 349 g/mol. The molecule has 0 amide bonds. The highest BCUT2D eigenvalue weighted by Crippen LogP contribution is 2.36. The molecule has 3 aromatic rings. The van der Waals surface area contributed by atoms with Gasteiger partial charge in [0.2, 0.25) is 0 Å². The second-order valence-corrected chi connectivity index (χ2v) is 6.61. The number of anilines is 1. The Morgan fingerprint density at radius 2 is 1.81 bits per heavy atom. The van der Waals surface area contributed by atoms with Gasteiger partial charge in [0.05, 0.1) is 16.0 Å². The molecule has 0 bridgehead atoms. The molecule has 132 valence electrons. The van der Waals surface area contributed by atoms with E-state index < -0.39 is 0 Å². The minimum Gasteiger partial charge on any atom is -0.508 e. The lowest BCUT2D eigenvalue weighted by Crippen LogP contribution is -2.33. The van der Waals surface area contributed by atoms with Gasteiger partial charge in [-0.15, -0.1) is 0 Å². The normalized spacial score (nSPS) is 15.3. The molecule has 1 aliphatic heterocycles. The van der Waals surface area contributed by atoms with Crippen LogP contribution >= 0.6 is 0 Å². The number of rotatable bonds is 3. The number of nitrogens with zero attached hydrogens (tertiary/aromatic N) is 3. The van der Waals surface area contributed by atoms with E-state index in [0.717, 1.165) is 31.6 Å². The van der Waals surface area contributed by atoms with Gasteiger partial charge in [-0.2, -0.15) is 0 Å². The van der Waals surface area contributed by atoms with Crippen LogP contribution in [0.4, 0.5) is 11.4 Å². The number of aromatic hydroxyl groups is 1. The Bertz CT molecular complexity index is 948. The number of fused-ring (bicyclic) bond motifs is 1. The van der Waals surface area contributed by atoms with Gasteiger partial charge < -0.3 is 10.0 Å². The third-order valence-electron chi connectivity index (χ3n) is 5.12. The van der Waals surface area contributed by atoms with E-state index in [4.69, 9.17) is 0 Å². The van der Waals surface area contributed by atoms with E-state index in [1.807, 2.05) is 18.2 Å². The van der Waals surface area contributed by atoms with Gasteiger partial charge in [0.15, 0.2) is 0 Å². The van der Waals surface area contributed by atoms with E-state index in [2.05, 4.69) is 9.88 Å². The predicted octanol–water partition coefficient (Wildman–Crippen LogP) is 4.23. The van der Waals surface area contributed by atoms with Crippen LogP contribution in [-0.2, 0) is 0 Å². The Kier molecular flexibility index (Phi) is 4.16. The first-order valence-electron chi connectivity index (χ1n) is 8.69. The van der Waals surface area contributed by atoms with Crippen molar-refractivity contribution < 1.29 is 10.0 Å². The van der Waals surface area contributed by atoms with Crippen LogP contribution in [0.2, 0.25) is 0 Å². The summed E-state index contributed by atoms with van der Waals surface area (Å²) >= 11 is 0. The lowest BCUT2D eigenvalue weighted by molar-refractivity contribution is -0.383. The standard InChI is InChI=1S/C20H19N3O3/c24-16-5-3-14(4-6-16)15-9-12-22(13-10-15)19-8-7-18(23(25)26)17-2-1-11-21-20(17)19/h1-8,11,15,24H,9-10,12-13H2. The lowest BCUT2D eigenvalue weighted by atomic mass is 9.89. The summed E-state index contributed by atoms with van der Waals surface area (Å²) in [4.78, 5) is 17.6. The van der Waals surface area contributed by atoms with Crippen LogP contribution in [0.15, 0.2) is 54.7 Å². The Labute approximate surface area is 150 Å². The summed E-state index contributed by atoms with van der Waals surface area (Å²) in [6.45, 7) is 1.74. The Morgan fingerprint density at radius 1 is 1.08 bits per heavy atom. The van der Waals surface area contributed by atoms with E-state index in [-0.39, 0.29) is 16.4 Å². The van der Waals surface area contributed by atoms with Gasteiger partial charge in [0, 0.05) is 25.4 Å². The van der Waals surface area contributed by atoms with Crippen molar-refractivity contribution in [1.82, 2.24) is 4.98 Å². The van der Waals surface area contributed by atoms with E-state index in [9.17, 15) is 15.2 Å². The summed E-state index contributed by atoms with van der Waals surface area (Å²) in [6, 6.07) is 14.3. The summed E-state index contributed by atoms with van der Waals surface area (Å²) < 4.78 is 0. The Balaban J connectivity index is 1.59. The Hall–Kier alpha value is -3.15. The van der Waals surface area contributed by atoms with Crippen molar-refractivity contribution in [1.29, 1.82) is 0 Å². The van der Waals surface area contributed by atoms with E-state index >= 15 is 0 Å². The molecule has 1 saturated heterocycles. The predicted molar refractivity (Wildman–Crippen MR) is 101 cm³/mol. The number of nitro benzene ring substituents is 1. The maximum Gasteiger partial charge on any atom is 0.278 e. The molecule has 1 aliphatic rings. The number of piperidine rings is 1. The molecule has 26 heavy (non-hydrogen) atoms. The molecule has 0 spiro atoms. The van der Waals surface area contributed by atoms with Crippen molar-refractivity contribution >= 4 is 22.3 Å². The minimum absolute atomic E-state index is 0.0934. The molecule has 1 fully saturated rings. The number of aromatic nitrogens is 1. The fraction of sp³-hybridized carbons (Fsp3) is 0.250. The average Bonchev–Trinajstić information content (AvgIpc) is 2.68. The molecule has 0 unspecified atom stereocenters. The highest BCUT2D eigenvalue weighted by molar-refractivity contribution is 5.97. The zero-order chi connectivity index (χ0) is 18.1. The first kappa shape index (κ1) is 16.3. The number of benzene rings is 2. The van der Waals surface area contributed by atoms with E-state index in [0.29, 0.717) is 16.8 Å². The number of hydrogen-bond acceptors (Lipinski definition) is 5.